The number of nitrogens with zero attached hydrogens (tertiary/aromatic N) is 1. The molecular formula is C12H28NOSi. The van der Waals surface area contributed by atoms with Gasteiger partial charge in [0.05, 0.1) is 0 Å². The summed E-state index contributed by atoms with van der Waals surface area (Å²) < 4.78 is 0. The highest BCUT2D eigenvalue weighted by Gasteiger charge is 2.22. The molecule has 3 heteroatoms. The molecule has 1 unspecified atom stereocenters. The second-order valence-electron chi connectivity index (χ2n) is 4.31. The molecule has 1 N–H and O–H groups in total. The molecule has 91 valence electrons. The normalized spacial score (nSPS) is 13.8. The van der Waals surface area contributed by atoms with E-state index < -0.39 is 9.04 Å². The van der Waals surface area contributed by atoms with Crippen molar-refractivity contribution in [2.75, 3.05) is 13.1 Å². The summed E-state index contributed by atoms with van der Waals surface area (Å²) >= 11 is 0. The summed E-state index contributed by atoms with van der Waals surface area (Å²) in [6, 6.07) is 0. The van der Waals surface area contributed by atoms with Crippen molar-refractivity contribution < 1.29 is 4.80 Å². The first-order valence-electron chi connectivity index (χ1n) is 6.43. The zero-order chi connectivity index (χ0) is 11.7. The molecular weight excluding hydrogens is 202 g/mol. The maximum Gasteiger partial charge on any atom is 0.221 e. The van der Waals surface area contributed by atoms with Crippen molar-refractivity contribution in [2.45, 2.75) is 65.1 Å². The summed E-state index contributed by atoms with van der Waals surface area (Å²) in [4.78, 5) is 12.4. The Morgan fingerprint density at radius 2 is 1.53 bits per heavy atom. The first kappa shape index (κ1) is 15.1. The van der Waals surface area contributed by atoms with Crippen molar-refractivity contribution in [3.05, 3.63) is 0 Å². The molecule has 0 saturated heterocycles. The lowest BCUT2D eigenvalue weighted by molar-refractivity contribution is 0.222. The fourth-order valence-corrected chi connectivity index (χ4v) is 3.34. The Labute approximate surface area is 97.4 Å². The van der Waals surface area contributed by atoms with Gasteiger partial charge in [0.2, 0.25) is 9.04 Å². The predicted molar refractivity (Wildman–Crippen MR) is 69.3 cm³/mol. The highest BCUT2D eigenvalue weighted by Crippen LogP contribution is 2.10. The SMILES string of the molecule is CCCCN(CCCC)C(CC)[Si](C)O. The van der Waals surface area contributed by atoms with Gasteiger partial charge in [-0.15, -0.1) is 0 Å². The Kier molecular flexibility index (Phi) is 9.45. The summed E-state index contributed by atoms with van der Waals surface area (Å²) in [5.41, 5.74) is 0.452. The van der Waals surface area contributed by atoms with Crippen LogP contribution in [0.1, 0.15) is 52.9 Å². The van der Waals surface area contributed by atoms with Crippen LogP contribution in [0.4, 0.5) is 0 Å². The van der Waals surface area contributed by atoms with Crippen LogP contribution in [0.5, 0.6) is 0 Å². The van der Waals surface area contributed by atoms with Gasteiger partial charge in [0, 0.05) is 5.67 Å². The lowest BCUT2D eigenvalue weighted by Crippen LogP contribution is -2.45. The van der Waals surface area contributed by atoms with Gasteiger partial charge < -0.3 is 9.70 Å². The summed E-state index contributed by atoms with van der Waals surface area (Å²) in [5, 5.41) is 0. The zero-order valence-electron chi connectivity index (χ0n) is 10.9. The van der Waals surface area contributed by atoms with Gasteiger partial charge in [-0.3, -0.25) is 0 Å². The second kappa shape index (κ2) is 9.37. The van der Waals surface area contributed by atoms with Gasteiger partial charge in [-0.25, -0.2) is 0 Å². The Morgan fingerprint density at radius 3 is 1.80 bits per heavy atom. The van der Waals surface area contributed by atoms with Gasteiger partial charge in [0.25, 0.3) is 0 Å². The van der Waals surface area contributed by atoms with Crippen molar-refractivity contribution in [1.82, 2.24) is 4.90 Å². The Morgan fingerprint density at radius 1 is 1.07 bits per heavy atom. The maximum absolute atomic E-state index is 9.84. The van der Waals surface area contributed by atoms with Crippen LogP contribution in [-0.4, -0.2) is 37.5 Å². The van der Waals surface area contributed by atoms with E-state index in [9.17, 15) is 4.80 Å². The largest absolute Gasteiger partial charge is 0.430 e. The van der Waals surface area contributed by atoms with Crippen molar-refractivity contribution >= 4 is 9.04 Å². The number of rotatable bonds is 9. The smallest absolute Gasteiger partial charge is 0.221 e. The topological polar surface area (TPSA) is 23.5 Å². The Balaban J connectivity index is 4.15. The molecule has 0 aromatic carbocycles. The molecule has 2 nitrogen and oxygen atoms in total. The van der Waals surface area contributed by atoms with Gasteiger partial charge in [0.1, 0.15) is 0 Å². The third-order valence-electron chi connectivity index (χ3n) is 2.91. The first-order valence-corrected chi connectivity index (χ1v) is 8.46. The molecule has 0 bridgehead atoms. The van der Waals surface area contributed by atoms with E-state index in [0.29, 0.717) is 5.67 Å². The molecule has 0 rings (SSSR count). The van der Waals surface area contributed by atoms with Crippen molar-refractivity contribution in [3.63, 3.8) is 0 Å². The van der Waals surface area contributed by atoms with Crippen LogP contribution in [0.2, 0.25) is 6.55 Å². The minimum Gasteiger partial charge on any atom is -0.430 e. The van der Waals surface area contributed by atoms with E-state index >= 15 is 0 Å². The van der Waals surface area contributed by atoms with Crippen LogP contribution in [0, 0.1) is 0 Å². The molecule has 0 aromatic rings. The molecule has 0 fully saturated rings. The molecule has 0 aromatic heterocycles. The van der Waals surface area contributed by atoms with Crippen molar-refractivity contribution in [3.8, 4) is 0 Å². The fraction of sp³-hybridized carbons (Fsp3) is 1.00. The summed E-state index contributed by atoms with van der Waals surface area (Å²) in [6.07, 6.45) is 6.10. The van der Waals surface area contributed by atoms with E-state index in [2.05, 4.69) is 25.7 Å². The molecule has 0 saturated carbocycles. The van der Waals surface area contributed by atoms with E-state index in [1.54, 1.807) is 0 Å². The molecule has 15 heavy (non-hydrogen) atoms. The lowest BCUT2D eigenvalue weighted by atomic mass is 10.2. The van der Waals surface area contributed by atoms with E-state index in [-0.39, 0.29) is 0 Å². The van der Waals surface area contributed by atoms with Crippen LogP contribution in [-0.2, 0) is 0 Å². The summed E-state index contributed by atoms with van der Waals surface area (Å²) in [6.45, 7) is 11.0. The van der Waals surface area contributed by atoms with Crippen LogP contribution in [0.3, 0.4) is 0 Å². The minimum atomic E-state index is -1.16. The average Bonchev–Trinajstić information content (AvgIpc) is 2.21. The lowest BCUT2D eigenvalue weighted by Gasteiger charge is -2.31. The maximum atomic E-state index is 9.84. The Hall–Kier alpha value is 0.137. The third kappa shape index (κ3) is 6.33. The zero-order valence-corrected chi connectivity index (χ0v) is 11.9. The van der Waals surface area contributed by atoms with Crippen molar-refractivity contribution in [2.24, 2.45) is 0 Å². The monoisotopic (exact) mass is 230 g/mol. The molecule has 1 radical (unpaired) electrons. The molecule has 0 aliphatic carbocycles. The van der Waals surface area contributed by atoms with Gasteiger partial charge >= 0.3 is 0 Å². The van der Waals surface area contributed by atoms with Gasteiger partial charge in [0.15, 0.2) is 0 Å². The Bertz CT molecular complexity index is 134. The molecule has 0 aliphatic heterocycles. The highest BCUT2D eigenvalue weighted by molar-refractivity contribution is 6.50. The summed E-state index contributed by atoms with van der Waals surface area (Å²) in [7, 11) is -1.16. The number of unbranched alkanes of at least 4 members (excludes halogenated alkanes) is 2. The second-order valence-corrected chi connectivity index (χ2v) is 6.26. The van der Waals surface area contributed by atoms with Crippen LogP contribution in [0.25, 0.3) is 0 Å². The van der Waals surface area contributed by atoms with Gasteiger partial charge in [-0.1, -0.05) is 33.6 Å². The molecule has 0 aliphatic rings. The molecule has 1 atom stereocenters. The summed E-state index contributed by atoms with van der Waals surface area (Å²) in [5.74, 6) is 0. The van der Waals surface area contributed by atoms with Gasteiger partial charge in [-0.2, -0.15) is 0 Å². The third-order valence-corrected chi connectivity index (χ3v) is 4.65. The molecule has 0 heterocycles. The van der Waals surface area contributed by atoms with Crippen LogP contribution in [0.15, 0.2) is 0 Å². The van der Waals surface area contributed by atoms with E-state index in [4.69, 9.17) is 0 Å². The molecule has 0 amide bonds. The van der Waals surface area contributed by atoms with Gasteiger partial charge in [-0.05, 0) is 38.9 Å². The fourth-order valence-electron chi connectivity index (χ4n) is 1.96. The van der Waals surface area contributed by atoms with E-state index in [0.717, 1.165) is 19.5 Å². The minimum absolute atomic E-state index is 0.452. The standard InChI is InChI=1S/C12H28NOSi/c1-5-8-10-13(11-9-6-2)12(7-3)15(4)14/h12,14H,5-11H2,1-4H3. The van der Waals surface area contributed by atoms with Crippen LogP contribution < -0.4 is 0 Å². The van der Waals surface area contributed by atoms with Crippen molar-refractivity contribution in [1.29, 1.82) is 0 Å². The number of hydrogen-bond acceptors (Lipinski definition) is 2. The predicted octanol–water partition coefficient (Wildman–Crippen LogP) is 2.82. The first-order chi connectivity index (χ1) is 7.17. The quantitative estimate of drug-likeness (QED) is 0.616. The van der Waals surface area contributed by atoms with E-state index in [1.165, 1.54) is 25.7 Å². The number of hydrogen-bond donors (Lipinski definition) is 1. The van der Waals surface area contributed by atoms with E-state index in [1.807, 2.05) is 6.55 Å². The average molecular weight is 230 g/mol. The highest BCUT2D eigenvalue weighted by atomic mass is 28.3. The van der Waals surface area contributed by atoms with Crippen LogP contribution >= 0.6 is 0 Å². The molecule has 0 spiro atoms.